The summed E-state index contributed by atoms with van der Waals surface area (Å²) in [5, 5.41) is 28.0. The fraction of sp³-hybridized carbons (Fsp3) is 0.250. The van der Waals surface area contributed by atoms with Gasteiger partial charge in [0.15, 0.2) is 6.20 Å². The van der Waals surface area contributed by atoms with Gasteiger partial charge in [0.25, 0.3) is 0 Å². The van der Waals surface area contributed by atoms with E-state index >= 15 is 0 Å². The normalized spacial score (nSPS) is 9.79. The van der Waals surface area contributed by atoms with Crippen molar-refractivity contribution in [3.05, 3.63) is 29.2 Å². The Kier molecular flexibility index (Phi) is 3.24. The van der Waals surface area contributed by atoms with E-state index in [0.717, 1.165) is 12.3 Å². The highest BCUT2D eigenvalue weighted by Crippen LogP contribution is 2.09. The molecule has 0 aromatic carbocycles. The molecule has 0 unspecified atom stereocenters. The highest BCUT2D eigenvalue weighted by atomic mass is 16.5. The van der Waals surface area contributed by atoms with Crippen molar-refractivity contribution in [2.45, 2.75) is 0 Å². The van der Waals surface area contributed by atoms with E-state index in [-0.39, 0.29) is 23.7 Å². The first-order valence-electron chi connectivity index (χ1n) is 3.85. The third kappa shape index (κ3) is 2.33. The third-order valence-corrected chi connectivity index (χ3v) is 1.47. The summed E-state index contributed by atoms with van der Waals surface area (Å²) in [7, 11) is 0. The molecule has 6 heteroatoms. The van der Waals surface area contributed by atoms with Gasteiger partial charge < -0.3 is 20.2 Å². The van der Waals surface area contributed by atoms with Crippen LogP contribution in [0.25, 0.3) is 0 Å². The van der Waals surface area contributed by atoms with Crippen molar-refractivity contribution < 1.29 is 24.5 Å². The lowest BCUT2D eigenvalue weighted by atomic mass is 10.3. The number of hydrogen-bond acceptors (Lipinski definition) is 4. The van der Waals surface area contributed by atoms with E-state index in [1.54, 1.807) is 0 Å². The number of carboxylic acid groups (broad SMARTS) is 1. The van der Waals surface area contributed by atoms with Gasteiger partial charge in [-0.25, -0.2) is 4.79 Å². The highest BCUT2D eigenvalue weighted by Gasteiger charge is 2.15. The van der Waals surface area contributed by atoms with Crippen LogP contribution in [0, 0.1) is 5.21 Å². The summed E-state index contributed by atoms with van der Waals surface area (Å²) in [6.45, 7) is -0.114. The molecule has 0 aliphatic rings. The summed E-state index contributed by atoms with van der Waals surface area (Å²) in [5.74, 6) is -1.09. The quantitative estimate of drug-likeness (QED) is 0.498. The van der Waals surface area contributed by atoms with E-state index < -0.39 is 11.7 Å². The number of hydrogen-bond donors (Lipinski definition) is 2. The molecular formula is C8H9NO5. The Bertz CT molecular complexity index is 339. The first kappa shape index (κ1) is 10.3. The number of pyridine rings is 1. The second-order valence-electron chi connectivity index (χ2n) is 2.45. The van der Waals surface area contributed by atoms with Gasteiger partial charge >= 0.3 is 11.7 Å². The number of aromatic carboxylic acids is 1. The van der Waals surface area contributed by atoms with E-state index in [4.69, 9.17) is 14.9 Å². The number of rotatable bonds is 4. The molecule has 2 N–H and O–H groups in total. The van der Waals surface area contributed by atoms with Crippen LogP contribution in [0.3, 0.4) is 0 Å². The number of ether oxygens (including phenoxy) is 1. The lowest BCUT2D eigenvalue weighted by Gasteiger charge is -2.05. The van der Waals surface area contributed by atoms with E-state index in [2.05, 4.69) is 0 Å². The summed E-state index contributed by atoms with van der Waals surface area (Å²) >= 11 is 0. The Balaban J connectivity index is 2.89. The molecule has 0 amide bonds. The zero-order valence-electron chi connectivity index (χ0n) is 7.21. The maximum Gasteiger partial charge on any atom is 0.402 e. The molecule has 0 atom stereocenters. The van der Waals surface area contributed by atoms with Crippen LogP contribution in [-0.2, 0) is 0 Å². The molecule has 1 aromatic rings. The molecule has 76 valence electrons. The van der Waals surface area contributed by atoms with Crippen molar-refractivity contribution in [2.75, 3.05) is 13.2 Å². The summed E-state index contributed by atoms with van der Waals surface area (Å²) < 4.78 is 5.17. The average Bonchev–Trinajstić information content (AvgIpc) is 2.16. The molecule has 0 aliphatic carbocycles. The molecule has 0 saturated carbocycles. The van der Waals surface area contributed by atoms with Gasteiger partial charge in [0.1, 0.15) is 12.4 Å². The van der Waals surface area contributed by atoms with Crippen LogP contribution in [0.1, 0.15) is 10.5 Å². The number of aromatic nitrogens is 1. The summed E-state index contributed by atoms with van der Waals surface area (Å²) in [6.07, 6.45) is 1.04. The minimum atomic E-state index is -1.32. The van der Waals surface area contributed by atoms with Crippen LogP contribution in [0.5, 0.6) is 5.75 Å². The van der Waals surface area contributed by atoms with Gasteiger partial charge in [-0.1, -0.05) is 0 Å². The zero-order chi connectivity index (χ0) is 10.6. The maximum absolute atomic E-state index is 10.9. The minimum Gasteiger partial charge on any atom is -0.618 e. The molecule has 1 rings (SSSR count). The molecule has 1 aromatic heterocycles. The Labute approximate surface area is 79.6 Å². The first-order chi connectivity index (χ1) is 6.65. The number of aliphatic hydroxyl groups is 1. The van der Waals surface area contributed by atoms with Crippen LogP contribution in [0.4, 0.5) is 0 Å². The van der Waals surface area contributed by atoms with Crippen LogP contribution in [0.2, 0.25) is 0 Å². The van der Waals surface area contributed by atoms with E-state index in [0.29, 0.717) is 0 Å². The summed E-state index contributed by atoms with van der Waals surface area (Å²) in [4.78, 5) is 10.5. The van der Waals surface area contributed by atoms with Crippen LogP contribution in [-0.4, -0.2) is 29.4 Å². The zero-order valence-corrected chi connectivity index (χ0v) is 7.21. The molecule has 0 saturated heterocycles. The van der Waals surface area contributed by atoms with Crippen LogP contribution in [0.15, 0.2) is 18.3 Å². The van der Waals surface area contributed by atoms with Crippen molar-refractivity contribution in [3.8, 4) is 5.75 Å². The Morgan fingerprint density at radius 1 is 1.64 bits per heavy atom. The maximum atomic E-state index is 10.9. The van der Waals surface area contributed by atoms with Crippen LogP contribution < -0.4 is 9.47 Å². The largest absolute Gasteiger partial charge is 0.618 e. The van der Waals surface area contributed by atoms with Gasteiger partial charge in [-0.05, 0) is 0 Å². The fourth-order valence-corrected chi connectivity index (χ4v) is 0.877. The molecule has 14 heavy (non-hydrogen) atoms. The van der Waals surface area contributed by atoms with Crippen molar-refractivity contribution in [3.63, 3.8) is 0 Å². The predicted octanol–water partition coefficient (Wildman–Crippen LogP) is -0.611. The SMILES string of the molecule is O=C(O)c1cc(OCCO)cc[n+]1[O-]. The Morgan fingerprint density at radius 2 is 2.36 bits per heavy atom. The number of nitrogens with zero attached hydrogens (tertiary/aromatic N) is 1. The van der Waals surface area contributed by atoms with Crippen LogP contribution >= 0.6 is 0 Å². The van der Waals surface area contributed by atoms with E-state index in [9.17, 15) is 10.0 Å². The molecule has 0 radical (unpaired) electrons. The van der Waals surface area contributed by atoms with E-state index in [1.807, 2.05) is 0 Å². The lowest BCUT2D eigenvalue weighted by Crippen LogP contribution is -2.33. The molecule has 6 nitrogen and oxygen atoms in total. The highest BCUT2D eigenvalue weighted by molar-refractivity contribution is 5.84. The number of carboxylic acids is 1. The minimum absolute atomic E-state index is 0.0575. The Morgan fingerprint density at radius 3 is 2.93 bits per heavy atom. The van der Waals surface area contributed by atoms with Crippen molar-refractivity contribution in [1.29, 1.82) is 0 Å². The van der Waals surface area contributed by atoms with Gasteiger partial charge in [-0.15, -0.1) is 0 Å². The molecule has 0 fully saturated rings. The average molecular weight is 199 g/mol. The molecule has 0 aliphatic heterocycles. The molecule has 1 heterocycles. The van der Waals surface area contributed by atoms with Crippen molar-refractivity contribution in [1.82, 2.24) is 0 Å². The summed E-state index contributed by atoms with van der Waals surface area (Å²) in [6, 6.07) is 2.43. The standard InChI is InChI=1S/C8H9NO5/c10-3-4-14-6-1-2-9(13)7(5-6)8(11)12/h1-2,5,10H,3-4H2,(H,11,12). The Hall–Kier alpha value is -1.82. The second kappa shape index (κ2) is 4.43. The lowest BCUT2D eigenvalue weighted by molar-refractivity contribution is -0.608. The third-order valence-electron chi connectivity index (χ3n) is 1.47. The van der Waals surface area contributed by atoms with Gasteiger partial charge in [0.05, 0.1) is 12.7 Å². The van der Waals surface area contributed by atoms with Gasteiger partial charge in [-0.2, -0.15) is 4.73 Å². The first-order valence-corrected chi connectivity index (χ1v) is 3.85. The van der Waals surface area contributed by atoms with Crippen molar-refractivity contribution in [2.24, 2.45) is 0 Å². The fourth-order valence-electron chi connectivity index (χ4n) is 0.877. The molecular weight excluding hydrogens is 190 g/mol. The summed E-state index contributed by atoms with van der Waals surface area (Å²) in [5.41, 5.74) is -0.416. The van der Waals surface area contributed by atoms with Crippen molar-refractivity contribution >= 4 is 5.97 Å². The topological polar surface area (TPSA) is 93.7 Å². The van der Waals surface area contributed by atoms with Gasteiger partial charge in [0.2, 0.25) is 0 Å². The van der Waals surface area contributed by atoms with Gasteiger partial charge in [0, 0.05) is 6.07 Å². The monoisotopic (exact) mass is 199 g/mol. The smallest absolute Gasteiger partial charge is 0.402 e. The predicted molar refractivity (Wildman–Crippen MR) is 44.9 cm³/mol. The van der Waals surface area contributed by atoms with Gasteiger partial charge in [-0.3, -0.25) is 0 Å². The van der Waals surface area contributed by atoms with E-state index in [1.165, 1.54) is 6.07 Å². The second-order valence-corrected chi connectivity index (χ2v) is 2.45. The number of carbonyl (C=O) groups is 1. The number of aliphatic hydroxyl groups excluding tert-OH is 1. The molecule has 0 spiro atoms. The molecule has 0 bridgehead atoms.